The van der Waals surface area contributed by atoms with Gasteiger partial charge in [0, 0.05) is 12.6 Å². The maximum atomic E-state index is 5.40. The van der Waals surface area contributed by atoms with Gasteiger partial charge in [-0.15, -0.1) is 11.3 Å². The van der Waals surface area contributed by atoms with Crippen LogP contribution < -0.4 is 0 Å². The second-order valence-corrected chi connectivity index (χ2v) is 6.39. The molecule has 102 valence electrons. The van der Waals surface area contributed by atoms with E-state index in [9.17, 15) is 0 Å². The number of H-pyrrole nitrogens is 1. The summed E-state index contributed by atoms with van der Waals surface area (Å²) in [7, 11) is 0. The highest BCUT2D eigenvalue weighted by atomic mass is 32.1. The first-order valence-corrected chi connectivity index (χ1v) is 7.97. The van der Waals surface area contributed by atoms with E-state index in [0.29, 0.717) is 6.04 Å². The molecular formula is C13H18N4S2. The molecule has 0 spiro atoms. The summed E-state index contributed by atoms with van der Waals surface area (Å²) in [5.74, 6) is 0.965. The van der Waals surface area contributed by atoms with Crippen molar-refractivity contribution in [1.29, 1.82) is 0 Å². The Morgan fingerprint density at radius 1 is 1.47 bits per heavy atom. The number of nitrogens with one attached hydrogen (secondary N) is 1. The van der Waals surface area contributed by atoms with Crippen molar-refractivity contribution in [1.82, 2.24) is 19.7 Å². The minimum absolute atomic E-state index is 0.349. The van der Waals surface area contributed by atoms with E-state index < -0.39 is 0 Å². The summed E-state index contributed by atoms with van der Waals surface area (Å²) in [5, 5.41) is 9.40. The molecule has 1 aliphatic heterocycles. The molecule has 2 aromatic heterocycles. The van der Waals surface area contributed by atoms with Crippen LogP contribution in [-0.4, -0.2) is 39.3 Å². The van der Waals surface area contributed by atoms with Crippen LogP contribution in [0.15, 0.2) is 17.5 Å². The number of aromatic nitrogens is 3. The molecule has 1 unspecified atom stereocenters. The van der Waals surface area contributed by atoms with Crippen LogP contribution in [0, 0.1) is 4.77 Å². The summed E-state index contributed by atoms with van der Waals surface area (Å²) in [5.41, 5.74) is 0. The van der Waals surface area contributed by atoms with Crippen LogP contribution in [-0.2, 0) is 0 Å². The number of likely N-dealkylation sites (tertiary alicyclic amines) is 1. The minimum atomic E-state index is 0.349. The highest BCUT2D eigenvalue weighted by Gasteiger charge is 2.19. The highest BCUT2D eigenvalue weighted by Crippen LogP contribution is 2.26. The van der Waals surface area contributed by atoms with Gasteiger partial charge in [-0.3, -0.25) is 9.67 Å². The Kier molecular flexibility index (Phi) is 3.81. The van der Waals surface area contributed by atoms with Crippen LogP contribution in [0.5, 0.6) is 0 Å². The molecule has 1 fully saturated rings. The molecule has 1 N–H and O–H groups in total. The SMILES string of the molecule is CC(CN1CCCC1)n1c(-c2cccs2)n[nH]c1=S. The molecular weight excluding hydrogens is 276 g/mol. The normalized spacial score (nSPS) is 17.9. The fraction of sp³-hybridized carbons (Fsp3) is 0.538. The standard InChI is InChI=1S/C13H18N4S2/c1-10(9-16-6-2-3-7-16)17-12(14-15-13(17)18)11-5-4-8-19-11/h4-5,8,10H,2-3,6-7,9H2,1H3,(H,15,18). The van der Waals surface area contributed by atoms with E-state index in [1.165, 1.54) is 30.8 Å². The summed E-state index contributed by atoms with van der Waals surface area (Å²) in [6.07, 6.45) is 2.64. The third-order valence-electron chi connectivity index (χ3n) is 3.61. The van der Waals surface area contributed by atoms with Crippen LogP contribution in [0.1, 0.15) is 25.8 Å². The van der Waals surface area contributed by atoms with Crippen molar-refractivity contribution in [2.75, 3.05) is 19.6 Å². The van der Waals surface area contributed by atoms with Gasteiger partial charge >= 0.3 is 0 Å². The lowest BCUT2D eigenvalue weighted by Gasteiger charge is -2.22. The van der Waals surface area contributed by atoms with Crippen molar-refractivity contribution in [2.24, 2.45) is 0 Å². The molecule has 1 saturated heterocycles. The average molecular weight is 294 g/mol. The zero-order valence-electron chi connectivity index (χ0n) is 11.0. The van der Waals surface area contributed by atoms with Gasteiger partial charge in [0.1, 0.15) is 0 Å². The smallest absolute Gasteiger partial charge is 0.195 e. The fourth-order valence-electron chi connectivity index (χ4n) is 2.71. The van der Waals surface area contributed by atoms with Gasteiger partial charge in [0.2, 0.25) is 0 Å². The molecule has 0 bridgehead atoms. The number of thiophene rings is 1. The first-order valence-electron chi connectivity index (χ1n) is 6.69. The summed E-state index contributed by atoms with van der Waals surface area (Å²) < 4.78 is 2.87. The van der Waals surface area contributed by atoms with Crippen LogP contribution in [0.2, 0.25) is 0 Å². The zero-order chi connectivity index (χ0) is 13.2. The monoisotopic (exact) mass is 294 g/mol. The number of rotatable bonds is 4. The van der Waals surface area contributed by atoms with Crippen molar-refractivity contribution in [3.05, 3.63) is 22.3 Å². The van der Waals surface area contributed by atoms with Gasteiger partial charge in [-0.25, -0.2) is 0 Å². The Balaban J connectivity index is 1.87. The Morgan fingerprint density at radius 3 is 2.95 bits per heavy atom. The second kappa shape index (κ2) is 5.56. The maximum absolute atomic E-state index is 5.40. The van der Waals surface area contributed by atoms with E-state index in [4.69, 9.17) is 12.2 Å². The molecule has 2 aromatic rings. The van der Waals surface area contributed by atoms with Crippen LogP contribution in [0.3, 0.4) is 0 Å². The van der Waals surface area contributed by atoms with Gasteiger partial charge < -0.3 is 4.90 Å². The van der Waals surface area contributed by atoms with E-state index >= 15 is 0 Å². The summed E-state index contributed by atoms with van der Waals surface area (Å²) in [6.45, 7) is 5.70. The molecule has 0 aromatic carbocycles. The van der Waals surface area contributed by atoms with Crippen LogP contribution in [0.25, 0.3) is 10.7 Å². The molecule has 4 nitrogen and oxygen atoms in total. The summed E-state index contributed by atoms with van der Waals surface area (Å²) >= 11 is 7.10. The van der Waals surface area contributed by atoms with Gasteiger partial charge in [0.05, 0.1) is 4.88 Å². The maximum Gasteiger partial charge on any atom is 0.195 e. The summed E-state index contributed by atoms with van der Waals surface area (Å²) in [6, 6.07) is 4.49. The predicted octanol–water partition coefficient (Wildman–Crippen LogP) is 3.33. The quantitative estimate of drug-likeness (QED) is 0.879. The van der Waals surface area contributed by atoms with Crippen molar-refractivity contribution in [2.45, 2.75) is 25.8 Å². The number of hydrogen-bond donors (Lipinski definition) is 1. The van der Waals surface area contributed by atoms with Gasteiger partial charge in [-0.2, -0.15) is 5.10 Å². The molecule has 19 heavy (non-hydrogen) atoms. The Morgan fingerprint density at radius 2 is 2.26 bits per heavy atom. The average Bonchev–Trinajstić information content (AvgIpc) is 3.07. The molecule has 3 heterocycles. The molecule has 3 rings (SSSR count). The molecule has 1 aliphatic rings. The third-order valence-corrected chi connectivity index (χ3v) is 4.76. The van der Waals surface area contributed by atoms with E-state index in [2.05, 4.69) is 38.0 Å². The molecule has 0 aliphatic carbocycles. The number of nitrogens with zero attached hydrogens (tertiary/aromatic N) is 3. The molecule has 1 atom stereocenters. The lowest BCUT2D eigenvalue weighted by molar-refractivity contribution is 0.287. The zero-order valence-corrected chi connectivity index (χ0v) is 12.6. The molecule has 0 saturated carbocycles. The fourth-order valence-corrected chi connectivity index (χ4v) is 3.74. The van der Waals surface area contributed by atoms with Gasteiger partial charge in [-0.1, -0.05) is 6.07 Å². The van der Waals surface area contributed by atoms with Crippen molar-refractivity contribution in [3.8, 4) is 10.7 Å². The van der Waals surface area contributed by atoms with Crippen LogP contribution >= 0.6 is 23.6 Å². The second-order valence-electron chi connectivity index (χ2n) is 5.06. The number of hydrogen-bond acceptors (Lipinski definition) is 4. The highest BCUT2D eigenvalue weighted by molar-refractivity contribution is 7.71. The minimum Gasteiger partial charge on any atom is -0.301 e. The third kappa shape index (κ3) is 2.66. The largest absolute Gasteiger partial charge is 0.301 e. The van der Waals surface area contributed by atoms with E-state index in [1.807, 2.05) is 6.07 Å². The van der Waals surface area contributed by atoms with E-state index in [0.717, 1.165) is 17.1 Å². The Labute approximate surface area is 122 Å². The molecule has 6 heteroatoms. The van der Waals surface area contributed by atoms with Gasteiger partial charge in [0.15, 0.2) is 10.6 Å². The molecule has 0 amide bonds. The Bertz CT molecular complexity index is 578. The van der Waals surface area contributed by atoms with Crippen molar-refractivity contribution >= 4 is 23.6 Å². The molecule has 0 radical (unpaired) electrons. The summed E-state index contributed by atoms with van der Waals surface area (Å²) in [4.78, 5) is 3.68. The van der Waals surface area contributed by atoms with Crippen molar-refractivity contribution in [3.63, 3.8) is 0 Å². The van der Waals surface area contributed by atoms with Gasteiger partial charge in [0.25, 0.3) is 0 Å². The predicted molar refractivity (Wildman–Crippen MR) is 81.1 cm³/mol. The lowest BCUT2D eigenvalue weighted by Crippen LogP contribution is -2.27. The Hall–Kier alpha value is -0.980. The van der Waals surface area contributed by atoms with Gasteiger partial charge in [-0.05, 0) is 56.5 Å². The topological polar surface area (TPSA) is 36.9 Å². The number of aromatic amines is 1. The van der Waals surface area contributed by atoms with E-state index in [-0.39, 0.29) is 0 Å². The van der Waals surface area contributed by atoms with Crippen LogP contribution in [0.4, 0.5) is 0 Å². The first kappa shape index (κ1) is 13.0. The lowest BCUT2D eigenvalue weighted by atomic mass is 10.3. The van der Waals surface area contributed by atoms with Crippen molar-refractivity contribution < 1.29 is 0 Å². The first-order chi connectivity index (χ1) is 9.25. The van der Waals surface area contributed by atoms with E-state index in [1.54, 1.807) is 11.3 Å².